The van der Waals surface area contributed by atoms with Crippen LogP contribution in [0.5, 0.6) is 23.0 Å². The van der Waals surface area contributed by atoms with E-state index < -0.39 is 0 Å². The van der Waals surface area contributed by atoms with E-state index >= 15 is 0 Å². The molecule has 2 atom stereocenters. The number of phenolic OH excluding ortho intramolecular Hbond substituents is 2. The minimum atomic E-state index is 0.0610. The van der Waals surface area contributed by atoms with Gasteiger partial charge in [0.1, 0.15) is 23.0 Å². The largest absolute Gasteiger partial charge is 0.508 e. The molecule has 0 amide bonds. The van der Waals surface area contributed by atoms with Crippen molar-refractivity contribution in [3.63, 3.8) is 0 Å². The normalized spacial score (nSPS) is 18.1. The van der Waals surface area contributed by atoms with E-state index in [1.807, 2.05) is 25.1 Å². The van der Waals surface area contributed by atoms with Crippen LogP contribution in [0.1, 0.15) is 45.2 Å². The first kappa shape index (κ1) is 19.2. The second-order valence-electron chi connectivity index (χ2n) is 7.80. The van der Waals surface area contributed by atoms with Gasteiger partial charge in [-0.3, -0.25) is 0 Å². The number of methoxy groups -OCH3 is 1. The number of hydrogen-bond acceptors (Lipinski definition) is 4. The summed E-state index contributed by atoms with van der Waals surface area (Å²) >= 11 is 0. The summed E-state index contributed by atoms with van der Waals surface area (Å²) in [5, 5.41) is 19.9. The molecular weight excluding hydrogens is 364 g/mol. The zero-order valence-corrected chi connectivity index (χ0v) is 17.2. The van der Waals surface area contributed by atoms with Crippen LogP contribution in [0, 0.1) is 20.8 Å². The van der Waals surface area contributed by atoms with Gasteiger partial charge in [0.2, 0.25) is 0 Å². The first-order chi connectivity index (χ1) is 13.9. The van der Waals surface area contributed by atoms with Gasteiger partial charge in [0.15, 0.2) is 0 Å². The summed E-state index contributed by atoms with van der Waals surface area (Å²) in [4.78, 5) is 0. The van der Waals surface area contributed by atoms with Crippen molar-refractivity contribution in [2.75, 3.05) is 13.7 Å². The zero-order chi connectivity index (χ0) is 20.7. The van der Waals surface area contributed by atoms with E-state index in [1.165, 1.54) is 5.56 Å². The average Bonchev–Trinajstić information content (AvgIpc) is 2.70. The van der Waals surface area contributed by atoms with Crippen molar-refractivity contribution in [3.05, 3.63) is 81.9 Å². The fraction of sp³-hybridized carbons (Fsp3) is 0.280. The molecule has 1 aliphatic rings. The molecule has 4 heteroatoms. The minimum Gasteiger partial charge on any atom is -0.508 e. The van der Waals surface area contributed by atoms with E-state index in [-0.39, 0.29) is 23.3 Å². The Kier molecular flexibility index (Phi) is 4.87. The van der Waals surface area contributed by atoms with Crippen LogP contribution in [0.15, 0.2) is 48.5 Å². The molecule has 4 nitrogen and oxygen atoms in total. The molecule has 29 heavy (non-hydrogen) atoms. The van der Waals surface area contributed by atoms with Gasteiger partial charge >= 0.3 is 0 Å². The number of benzene rings is 3. The molecule has 0 fully saturated rings. The molecule has 1 aliphatic heterocycles. The van der Waals surface area contributed by atoms with Crippen LogP contribution in [0.25, 0.3) is 0 Å². The summed E-state index contributed by atoms with van der Waals surface area (Å²) in [5.41, 5.74) is 6.31. The van der Waals surface area contributed by atoms with Gasteiger partial charge in [0.05, 0.1) is 13.7 Å². The van der Waals surface area contributed by atoms with Crippen molar-refractivity contribution >= 4 is 0 Å². The third kappa shape index (κ3) is 3.29. The Morgan fingerprint density at radius 2 is 1.55 bits per heavy atom. The topological polar surface area (TPSA) is 58.9 Å². The van der Waals surface area contributed by atoms with Crippen LogP contribution < -0.4 is 9.47 Å². The summed E-state index contributed by atoms with van der Waals surface area (Å²) in [6.07, 6.45) is 0. The van der Waals surface area contributed by atoms with Crippen molar-refractivity contribution in [2.24, 2.45) is 0 Å². The molecule has 0 aliphatic carbocycles. The van der Waals surface area contributed by atoms with E-state index in [4.69, 9.17) is 9.47 Å². The second kappa shape index (κ2) is 7.36. The molecule has 3 aromatic rings. The van der Waals surface area contributed by atoms with Crippen molar-refractivity contribution in [1.29, 1.82) is 0 Å². The summed E-state index contributed by atoms with van der Waals surface area (Å²) in [5.74, 6) is 2.30. The highest BCUT2D eigenvalue weighted by atomic mass is 16.5. The van der Waals surface area contributed by atoms with Gasteiger partial charge in [-0.25, -0.2) is 0 Å². The average molecular weight is 390 g/mol. The SMILES string of the molecule is COc1c(C)cc(C2c3ccc(O)c(C)c3OCC2c2ccc(O)cc2)cc1C. The van der Waals surface area contributed by atoms with Gasteiger partial charge in [0, 0.05) is 23.0 Å². The molecule has 0 bridgehead atoms. The van der Waals surface area contributed by atoms with E-state index in [1.54, 1.807) is 25.3 Å². The molecule has 0 radical (unpaired) electrons. The maximum absolute atomic E-state index is 10.2. The van der Waals surface area contributed by atoms with Gasteiger partial charge in [0.25, 0.3) is 0 Å². The Hall–Kier alpha value is -3.14. The quantitative estimate of drug-likeness (QED) is 0.634. The molecule has 150 valence electrons. The lowest BCUT2D eigenvalue weighted by atomic mass is 9.74. The molecule has 2 unspecified atom stereocenters. The number of aryl methyl sites for hydroxylation is 2. The maximum atomic E-state index is 10.2. The fourth-order valence-corrected chi connectivity index (χ4v) is 4.53. The van der Waals surface area contributed by atoms with Gasteiger partial charge < -0.3 is 19.7 Å². The molecule has 2 N–H and O–H groups in total. The van der Waals surface area contributed by atoms with Gasteiger partial charge in [-0.2, -0.15) is 0 Å². The summed E-state index contributed by atoms with van der Waals surface area (Å²) in [6, 6.07) is 15.4. The number of rotatable bonds is 3. The Balaban J connectivity index is 1.92. The smallest absolute Gasteiger partial charge is 0.129 e. The molecule has 0 aromatic heterocycles. The van der Waals surface area contributed by atoms with Crippen molar-refractivity contribution in [3.8, 4) is 23.0 Å². The number of fused-ring (bicyclic) bond motifs is 1. The fourth-order valence-electron chi connectivity index (χ4n) is 4.53. The maximum Gasteiger partial charge on any atom is 0.129 e. The lowest BCUT2D eigenvalue weighted by molar-refractivity contribution is 0.245. The molecule has 0 saturated heterocycles. The number of phenols is 2. The summed E-state index contributed by atoms with van der Waals surface area (Å²) < 4.78 is 11.7. The highest BCUT2D eigenvalue weighted by Crippen LogP contribution is 2.49. The predicted molar refractivity (Wildman–Crippen MR) is 113 cm³/mol. The first-order valence-electron chi connectivity index (χ1n) is 9.80. The van der Waals surface area contributed by atoms with Crippen molar-refractivity contribution in [2.45, 2.75) is 32.6 Å². The number of ether oxygens (including phenoxy) is 2. The van der Waals surface area contributed by atoms with Crippen molar-refractivity contribution < 1.29 is 19.7 Å². The Bertz CT molecular complexity index is 1030. The zero-order valence-electron chi connectivity index (χ0n) is 17.2. The van der Waals surface area contributed by atoms with Crippen LogP contribution in [-0.2, 0) is 0 Å². The Morgan fingerprint density at radius 1 is 0.897 bits per heavy atom. The molecule has 1 heterocycles. The van der Waals surface area contributed by atoms with Crippen LogP contribution >= 0.6 is 0 Å². The Morgan fingerprint density at radius 3 is 2.17 bits per heavy atom. The standard InChI is InChI=1S/C25H26O4/c1-14-11-18(12-15(2)24(14)28-4)23-20-9-10-22(27)16(3)25(20)29-13-21(23)17-5-7-19(26)8-6-17/h5-12,21,23,26-27H,13H2,1-4H3. The van der Waals surface area contributed by atoms with Gasteiger partial charge in [-0.1, -0.05) is 30.3 Å². The summed E-state index contributed by atoms with van der Waals surface area (Å²) in [7, 11) is 1.70. The van der Waals surface area contributed by atoms with Crippen LogP contribution in [0.4, 0.5) is 0 Å². The third-order valence-corrected chi connectivity index (χ3v) is 5.92. The van der Waals surface area contributed by atoms with Crippen LogP contribution in [0.2, 0.25) is 0 Å². The van der Waals surface area contributed by atoms with Crippen LogP contribution in [0.3, 0.4) is 0 Å². The van der Waals surface area contributed by atoms with Crippen LogP contribution in [-0.4, -0.2) is 23.9 Å². The summed E-state index contributed by atoms with van der Waals surface area (Å²) in [6.45, 7) is 6.51. The molecule has 3 aromatic carbocycles. The lowest BCUT2D eigenvalue weighted by Crippen LogP contribution is -2.26. The second-order valence-corrected chi connectivity index (χ2v) is 7.80. The minimum absolute atomic E-state index is 0.0610. The third-order valence-electron chi connectivity index (χ3n) is 5.92. The van der Waals surface area contributed by atoms with Gasteiger partial charge in [-0.05, 0) is 61.2 Å². The highest BCUT2D eigenvalue weighted by Gasteiger charge is 2.35. The molecular formula is C25H26O4. The Labute approximate surface area is 171 Å². The van der Waals surface area contributed by atoms with E-state index in [9.17, 15) is 10.2 Å². The lowest BCUT2D eigenvalue weighted by Gasteiger charge is -2.36. The predicted octanol–water partition coefficient (Wildman–Crippen LogP) is 5.34. The highest BCUT2D eigenvalue weighted by molar-refractivity contribution is 5.57. The van der Waals surface area contributed by atoms with Crippen molar-refractivity contribution in [1.82, 2.24) is 0 Å². The first-order valence-corrected chi connectivity index (χ1v) is 9.80. The van der Waals surface area contributed by atoms with E-state index in [2.05, 4.69) is 26.0 Å². The monoisotopic (exact) mass is 390 g/mol. The molecule has 0 saturated carbocycles. The van der Waals surface area contributed by atoms with E-state index in [0.717, 1.165) is 39.3 Å². The molecule has 4 rings (SSSR count). The number of aromatic hydroxyl groups is 2. The van der Waals surface area contributed by atoms with E-state index in [0.29, 0.717) is 6.61 Å². The van der Waals surface area contributed by atoms with Gasteiger partial charge in [-0.15, -0.1) is 0 Å². The number of hydrogen-bond donors (Lipinski definition) is 2. The molecule has 0 spiro atoms.